The van der Waals surface area contributed by atoms with E-state index < -0.39 is 6.10 Å². The standard InChI is InChI=1S/C16H14BrFO/c17-14-7-3-6-13(15(14)18)16(19)12-8-10-4-1-2-5-11(10)9-12/h1-7,12,16,19H,8-9H2. The summed E-state index contributed by atoms with van der Waals surface area (Å²) in [6.07, 6.45) is 0.858. The van der Waals surface area contributed by atoms with Crippen molar-refractivity contribution in [1.29, 1.82) is 0 Å². The highest BCUT2D eigenvalue weighted by Crippen LogP contribution is 2.36. The molecule has 0 spiro atoms. The molecule has 1 unspecified atom stereocenters. The lowest BCUT2D eigenvalue weighted by molar-refractivity contribution is 0.109. The molecule has 0 saturated carbocycles. The van der Waals surface area contributed by atoms with Crippen molar-refractivity contribution < 1.29 is 9.50 Å². The van der Waals surface area contributed by atoms with Crippen LogP contribution >= 0.6 is 15.9 Å². The van der Waals surface area contributed by atoms with Gasteiger partial charge in [0.1, 0.15) is 5.82 Å². The van der Waals surface area contributed by atoms with Gasteiger partial charge in [-0.2, -0.15) is 0 Å². The Morgan fingerprint density at radius 2 is 1.68 bits per heavy atom. The summed E-state index contributed by atoms with van der Waals surface area (Å²) in [4.78, 5) is 0. The van der Waals surface area contributed by atoms with E-state index in [4.69, 9.17) is 0 Å². The van der Waals surface area contributed by atoms with Crippen molar-refractivity contribution in [2.24, 2.45) is 5.92 Å². The largest absolute Gasteiger partial charge is 0.388 e. The lowest BCUT2D eigenvalue weighted by Crippen LogP contribution is -2.14. The van der Waals surface area contributed by atoms with Gasteiger partial charge in [0.25, 0.3) is 0 Å². The fourth-order valence-electron chi connectivity index (χ4n) is 2.82. The number of hydrogen-bond acceptors (Lipinski definition) is 1. The Labute approximate surface area is 120 Å². The van der Waals surface area contributed by atoms with Crippen LogP contribution in [0.1, 0.15) is 22.8 Å². The van der Waals surface area contributed by atoms with Gasteiger partial charge in [-0.25, -0.2) is 4.39 Å². The lowest BCUT2D eigenvalue weighted by atomic mass is 9.93. The Morgan fingerprint density at radius 3 is 2.32 bits per heavy atom. The lowest BCUT2D eigenvalue weighted by Gasteiger charge is -2.19. The first kappa shape index (κ1) is 12.8. The Morgan fingerprint density at radius 1 is 1.05 bits per heavy atom. The van der Waals surface area contributed by atoms with E-state index in [0.717, 1.165) is 12.8 Å². The molecule has 0 amide bonds. The number of rotatable bonds is 2. The summed E-state index contributed by atoms with van der Waals surface area (Å²) >= 11 is 3.17. The average molecular weight is 321 g/mol. The van der Waals surface area contributed by atoms with Crippen molar-refractivity contribution in [2.45, 2.75) is 18.9 Å². The van der Waals surface area contributed by atoms with Crippen LogP contribution in [0.2, 0.25) is 0 Å². The van der Waals surface area contributed by atoms with E-state index in [1.54, 1.807) is 18.2 Å². The number of halogens is 2. The summed E-state index contributed by atoms with van der Waals surface area (Å²) in [5.41, 5.74) is 2.91. The Hall–Kier alpha value is -1.19. The van der Waals surface area contributed by atoms with Crippen LogP contribution in [0, 0.1) is 11.7 Å². The SMILES string of the molecule is OC(c1cccc(Br)c1F)C1Cc2ccccc2C1. The molecule has 3 heteroatoms. The molecule has 0 bridgehead atoms. The van der Waals surface area contributed by atoms with E-state index in [-0.39, 0.29) is 11.7 Å². The minimum absolute atomic E-state index is 0.0567. The van der Waals surface area contributed by atoms with Gasteiger partial charge in [0.15, 0.2) is 0 Å². The molecular formula is C16H14BrFO. The smallest absolute Gasteiger partial charge is 0.143 e. The van der Waals surface area contributed by atoms with E-state index in [1.165, 1.54) is 11.1 Å². The summed E-state index contributed by atoms with van der Waals surface area (Å²) in [5.74, 6) is -0.299. The quantitative estimate of drug-likeness (QED) is 0.885. The molecule has 0 heterocycles. The summed E-state index contributed by atoms with van der Waals surface area (Å²) < 4.78 is 14.4. The highest BCUT2D eigenvalue weighted by molar-refractivity contribution is 9.10. The topological polar surface area (TPSA) is 20.2 Å². The van der Waals surface area contributed by atoms with E-state index in [2.05, 4.69) is 28.1 Å². The van der Waals surface area contributed by atoms with Gasteiger partial charge in [-0.05, 0) is 51.9 Å². The molecule has 2 aromatic carbocycles. The number of benzene rings is 2. The summed E-state index contributed by atoms with van der Waals surface area (Å²) in [5, 5.41) is 10.4. The highest BCUT2D eigenvalue weighted by Gasteiger charge is 2.30. The summed E-state index contributed by atoms with van der Waals surface area (Å²) in [6.45, 7) is 0. The molecule has 0 fully saturated rings. The van der Waals surface area contributed by atoms with Crippen LogP contribution in [0.15, 0.2) is 46.9 Å². The third-order valence-corrected chi connectivity index (χ3v) is 4.44. The van der Waals surface area contributed by atoms with E-state index in [1.807, 2.05) is 12.1 Å². The third-order valence-electron chi connectivity index (χ3n) is 3.83. The second-order valence-corrected chi connectivity index (χ2v) is 5.88. The first-order valence-electron chi connectivity index (χ1n) is 6.35. The molecule has 2 aromatic rings. The number of fused-ring (bicyclic) bond motifs is 1. The average Bonchev–Trinajstić information content (AvgIpc) is 2.85. The predicted molar refractivity (Wildman–Crippen MR) is 76.4 cm³/mol. The first-order chi connectivity index (χ1) is 9.16. The molecule has 98 valence electrons. The van der Waals surface area contributed by atoms with Gasteiger partial charge in [-0.3, -0.25) is 0 Å². The third kappa shape index (κ3) is 2.33. The van der Waals surface area contributed by atoms with Crippen molar-refractivity contribution in [3.05, 3.63) is 69.4 Å². The van der Waals surface area contributed by atoms with Gasteiger partial charge in [-0.15, -0.1) is 0 Å². The molecular weight excluding hydrogens is 307 g/mol. The van der Waals surface area contributed by atoms with E-state index in [9.17, 15) is 9.50 Å². The van der Waals surface area contributed by atoms with Gasteiger partial charge >= 0.3 is 0 Å². The van der Waals surface area contributed by atoms with Gasteiger partial charge in [0, 0.05) is 5.56 Å². The zero-order chi connectivity index (χ0) is 13.4. The Bertz CT molecular complexity index is 586. The van der Waals surface area contributed by atoms with Crippen LogP contribution < -0.4 is 0 Å². The van der Waals surface area contributed by atoms with Crippen LogP contribution in [0.5, 0.6) is 0 Å². The fourth-order valence-corrected chi connectivity index (χ4v) is 3.20. The molecule has 1 nitrogen and oxygen atoms in total. The molecule has 1 aliphatic carbocycles. The highest BCUT2D eigenvalue weighted by atomic mass is 79.9. The van der Waals surface area contributed by atoms with Gasteiger partial charge in [0.05, 0.1) is 10.6 Å². The molecule has 3 rings (SSSR count). The zero-order valence-electron chi connectivity index (χ0n) is 10.3. The van der Waals surface area contributed by atoms with Crippen molar-refractivity contribution in [1.82, 2.24) is 0 Å². The maximum Gasteiger partial charge on any atom is 0.143 e. The molecule has 1 N–H and O–H groups in total. The number of aliphatic hydroxyl groups excluding tert-OH is 1. The second-order valence-electron chi connectivity index (χ2n) is 5.02. The first-order valence-corrected chi connectivity index (χ1v) is 7.15. The molecule has 0 aliphatic heterocycles. The second kappa shape index (κ2) is 5.06. The predicted octanol–water partition coefficient (Wildman–Crippen LogP) is 4.04. The molecule has 1 atom stereocenters. The minimum Gasteiger partial charge on any atom is -0.388 e. The Kier molecular flexibility index (Phi) is 3.42. The Balaban J connectivity index is 1.87. The number of hydrogen-bond donors (Lipinski definition) is 1. The molecule has 0 radical (unpaired) electrons. The summed E-state index contributed by atoms with van der Waals surface area (Å²) in [7, 11) is 0. The van der Waals surface area contributed by atoms with Crippen LogP contribution in [0.4, 0.5) is 4.39 Å². The monoisotopic (exact) mass is 320 g/mol. The summed E-state index contributed by atoms with van der Waals surface area (Å²) in [6, 6.07) is 13.2. The minimum atomic E-state index is -0.759. The van der Waals surface area contributed by atoms with Crippen molar-refractivity contribution >= 4 is 15.9 Å². The molecule has 19 heavy (non-hydrogen) atoms. The molecule has 0 aromatic heterocycles. The van der Waals surface area contributed by atoms with Crippen molar-refractivity contribution in [3.8, 4) is 0 Å². The van der Waals surface area contributed by atoms with Crippen LogP contribution in [0.25, 0.3) is 0 Å². The fraction of sp³-hybridized carbons (Fsp3) is 0.250. The van der Waals surface area contributed by atoms with E-state index >= 15 is 0 Å². The van der Waals surface area contributed by atoms with Gasteiger partial charge in [0.2, 0.25) is 0 Å². The normalized spacial score (nSPS) is 16.4. The van der Waals surface area contributed by atoms with Crippen LogP contribution in [0.3, 0.4) is 0 Å². The van der Waals surface area contributed by atoms with Gasteiger partial charge < -0.3 is 5.11 Å². The zero-order valence-corrected chi connectivity index (χ0v) is 11.9. The maximum atomic E-state index is 14.0. The van der Waals surface area contributed by atoms with Crippen molar-refractivity contribution in [2.75, 3.05) is 0 Å². The maximum absolute atomic E-state index is 14.0. The van der Waals surface area contributed by atoms with Crippen molar-refractivity contribution in [3.63, 3.8) is 0 Å². The van der Waals surface area contributed by atoms with Gasteiger partial charge in [-0.1, -0.05) is 36.4 Å². The van der Waals surface area contributed by atoms with Crippen LogP contribution in [-0.2, 0) is 12.8 Å². The molecule has 0 saturated heterocycles. The van der Waals surface area contributed by atoms with E-state index in [0.29, 0.717) is 10.0 Å². The van der Waals surface area contributed by atoms with Crippen LogP contribution in [-0.4, -0.2) is 5.11 Å². The number of aliphatic hydroxyl groups is 1. The molecule has 1 aliphatic rings.